The second-order valence-electron chi connectivity index (χ2n) is 5.24. The van der Waals surface area contributed by atoms with Gasteiger partial charge >= 0.3 is 0 Å². The lowest BCUT2D eigenvalue weighted by molar-refractivity contribution is 0.0144. The maximum Gasteiger partial charge on any atom is 0.146 e. The highest BCUT2D eigenvalue weighted by molar-refractivity contribution is 7.11. The molecule has 0 saturated carbocycles. The van der Waals surface area contributed by atoms with Crippen molar-refractivity contribution in [3.8, 4) is 0 Å². The van der Waals surface area contributed by atoms with Gasteiger partial charge in [-0.2, -0.15) is 0 Å². The predicted molar refractivity (Wildman–Crippen MR) is 73.9 cm³/mol. The molecule has 1 N–H and O–H groups in total. The van der Waals surface area contributed by atoms with E-state index in [4.69, 9.17) is 4.74 Å². The van der Waals surface area contributed by atoms with Crippen molar-refractivity contribution >= 4 is 11.3 Å². The maximum absolute atomic E-state index is 5.73. The molecule has 0 aromatic carbocycles. The van der Waals surface area contributed by atoms with Gasteiger partial charge in [0, 0.05) is 19.6 Å². The minimum atomic E-state index is 0.202. The zero-order chi connectivity index (χ0) is 12.8. The van der Waals surface area contributed by atoms with Gasteiger partial charge in [-0.05, 0) is 31.7 Å². The largest absolute Gasteiger partial charge is 0.371 e. The molecule has 1 aromatic heterocycles. The van der Waals surface area contributed by atoms with E-state index in [1.807, 2.05) is 0 Å². The summed E-state index contributed by atoms with van der Waals surface area (Å²) in [5, 5.41) is 14.1. The zero-order valence-electron chi connectivity index (χ0n) is 11.3. The van der Waals surface area contributed by atoms with Crippen LogP contribution in [0.25, 0.3) is 0 Å². The summed E-state index contributed by atoms with van der Waals surface area (Å²) in [6.07, 6.45) is 4.70. The Hall–Kier alpha value is -0.520. The Morgan fingerprint density at radius 3 is 3.00 bits per heavy atom. The number of ether oxygens (including phenoxy) is 1. The molecule has 2 heterocycles. The van der Waals surface area contributed by atoms with Crippen LogP contribution in [0.5, 0.6) is 0 Å². The fourth-order valence-electron chi connectivity index (χ4n) is 2.02. The molecule has 1 atom stereocenters. The summed E-state index contributed by atoms with van der Waals surface area (Å²) >= 11 is 1.71. The summed E-state index contributed by atoms with van der Waals surface area (Å²) in [5.74, 6) is 0.700. The molecule has 1 aliphatic heterocycles. The molecule has 0 spiro atoms. The van der Waals surface area contributed by atoms with Crippen molar-refractivity contribution in [2.45, 2.75) is 45.6 Å². The molecule has 1 saturated heterocycles. The van der Waals surface area contributed by atoms with Crippen LogP contribution in [0.2, 0.25) is 0 Å². The van der Waals surface area contributed by atoms with Crippen molar-refractivity contribution in [3.63, 3.8) is 0 Å². The molecular weight excluding hydrogens is 246 g/mol. The van der Waals surface area contributed by atoms with E-state index in [0.717, 1.165) is 42.6 Å². The molecule has 2 rings (SSSR count). The van der Waals surface area contributed by atoms with Crippen molar-refractivity contribution in [1.82, 2.24) is 15.5 Å². The van der Waals surface area contributed by atoms with E-state index in [-0.39, 0.29) is 6.10 Å². The normalized spacial score (nSPS) is 20.5. The average Bonchev–Trinajstić information content (AvgIpc) is 2.84. The first kappa shape index (κ1) is 13.9. The SMILES string of the molecule is CC(C)CNCCc1nnc(C2CCCCO2)s1. The van der Waals surface area contributed by atoms with E-state index in [0.29, 0.717) is 5.92 Å². The number of hydrogen-bond acceptors (Lipinski definition) is 5. The Bertz CT molecular complexity index is 348. The molecule has 1 aromatic rings. The summed E-state index contributed by atoms with van der Waals surface area (Å²) in [6.45, 7) is 7.36. The lowest BCUT2D eigenvalue weighted by Gasteiger charge is -2.19. The Balaban J connectivity index is 1.75. The Labute approximate surface area is 113 Å². The first-order chi connectivity index (χ1) is 8.75. The molecule has 0 aliphatic carbocycles. The highest BCUT2D eigenvalue weighted by atomic mass is 32.1. The molecule has 0 bridgehead atoms. The summed E-state index contributed by atoms with van der Waals surface area (Å²) in [6, 6.07) is 0. The van der Waals surface area contributed by atoms with Crippen LogP contribution in [0, 0.1) is 5.92 Å². The van der Waals surface area contributed by atoms with Crippen LogP contribution in [0.1, 0.15) is 49.2 Å². The molecule has 18 heavy (non-hydrogen) atoms. The summed E-state index contributed by atoms with van der Waals surface area (Å²) in [5.41, 5.74) is 0. The molecule has 102 valence electrons. The summed E-state index contributed by atoms with van der Waals surface area (Å²) < 4.78 is 5.73. The number of rotatable bonds is 6. The predicted octanol–water partition coefficient (Wildman–Crippen LogP) is 2.57. The Morgan fingerprint density at radius 2 is 2.28 bits per heavy atom. The van der Waals surface area contributed by atoms with Gasteiger partial charge in [-0.1, -0.05) is 25.2 Å². The van der Waals surface area contributed by atoms with Gasteiger partial charge in [0.15, 0.2) is 0 Å². The van der Waals surface area contributed by atoms with E-state index < -0.39 is 0 Å². The molecule has 4 nitrogen and oxygen atoms in total. The van der Waals surface area contributed by atoms with E-state index in [2.05, 4.69) is 29.4 Å². The molecule has 1 fully saturated rings. The zero-order valence-corrected chi connectivity index (χ0v) is 12.1. The third-order valence-corrected chi connectivity index (χ3v) is 4.08. The van der Waals surface area contributed by atoms with Gasteiger partial charge in [0.25, 0.3) is 0 Å². The molecular formula is C13H23N3OS. The minimum Gasteiger partial charge on any atom is -0.371 e. The fraction of sp³-hybridized carbons (Fsp3) is 0.846. The third kappa shape index (κ3) is 4.30. The first-order valence-corrected chi connectivity index (χ1v) is 7.72. The smallest absolute Gasteiger partial charge is 0.146 e. The molecule has 1 aliphatic rings. The van der Waals surface area contributed by atoms with Crippen molar-refractivity contribution in [3.05, 3.63) is 10.0 Å². The molecule has 5 heteroatoms. The van der Waals surface area contributed by atoms with E-state index >= 15 is 0 Å². The van der Waals surface area contributed by atoms with Crippen LogP contribution >= 0.6 is 11.3 Å². The first-order valence-electron chi connectivity index (χ1n) is 6.90. The molecule has 1 unspecified atom stereocenters. The highest BCUT2D eigenvalue weighted by Gasteiger charge is 2.20. The van der Waals surface area contributed by atoms with Crippen molar-refractivity contribution in [2.24, 2.45) is 5.92 Å². The standard InChI is InChI=1S/C13H23N3OS/c1-10(2)9-14-7-6-12-15-16-13(18-12)11-5-3-4-8-17-11/h10-11,14H,3-9H2,1-2H3. The van der Waals surface area contributed by atoms with Gasteiger partial charge in [0.1, 0.15) is 16.1 Å². The van der Waals surface area contributed by atoms with Gasteiger partial charge in [-0.15, -0.1) is 10.2 Å². The van der Waals surface area contributed by atoms with Crippen molar-refractivity contribution in [2.75, 3.05) is 19.7 Å². The third-order valence-electron chi connectivity index (χ3n) is 3.01. The number of nitrogens with one attached hydrogen (secondary N) is 1. The lowest BCUT2D eigenvalue weighted by Crippen LogP contribution is -2.22. The molecule has 0 amide bonds. The van der Waals surface area contributed by atoms with Gasteiger partial charge < -0.3 is 10.1 Å². The van der Waals surface area contributed by atoms with E-state index in [9.17, 15) is 0 Å². The molecule has 0 radical (unpaired) electrons. The Morgan fingerprint density at radius 1 is 1.39 bits per heavy atom. The van der Waals surface area contributed by atoms with Crippen LogP contribution < -0.4 is 5.32 Å². The van der Waals surface area contributed by atoms with Crippen LogP contribution in [0.15, 0.2) is 0 Å². The second-order valence-corrected chi connectivity index (χ2v) is 6.33. The topological polar surface area (TPSA) is 47.0 Å². The van der Waals surface area contributed by atoms with Crippen LogP contribution in [0.3, 0.4) is 0 Å². The van der Waals surface area contributed by atoms with E-state index in [1.54, 1.807) is 11.3 Å². The van der Waals surface area contributed by atoms with E-state index in [1.165, 1.54) is 12.8 Å². The Kier molecular flexibility index (Phi) is 5.53. The minimum absolute atomic E-state index is 0.202. The maximum atomic E-state index is 5.73. The van der Waals surface area contributed by atoms with Gasteiger partial charge in [-0.3, -0.25) is 0 Å². The fourth-order valence-corrected chi connectivity index (χ4v) is 2.95. The lowest BCUT2D eigenvalue weighted by atomic mass is 10.1. The quantitative estimate of drug-likeness (QED) is 0.806. The van der Waals surface area contributed by atoms with Crippen LogP contribution in [-0.4, -0.2) is 29.9 Å². The van der Waals surface area contributed by atoms with Crippen molar-refractivity contribution < 1.29 is 4.74 Å². The monoisotopic (exact) mass is 269 g/mol. The summed E-state index contributed by atoms with van der Waals surface area (Å²) in [7, 11) is 0. The van der Waals surface area contributed by atoms with Crippen LogP contribution in [-0.2, 0) is 11.2 Å². The van der Waals surface area contributed by atoms with Gasteiger partial charge in [0.2, 0.25) is 0 Å². The number of nitrogens with zero attached hydrogens (tertiary/aromatic N) is 2. The van der Waals surface area contributed by atoms with Crippen molar-refractivity contribution in [1.29, 1.82) is 0 Å². The average molecular weight is 269 g/mol. The highest BCUT2D eigenvalue weighted by Crippen LogP contribution is 2.29. The van der Waals surface area contributed by atoms with Gasteiger partial charge in [0.05, 0.1) is 0 Å². The second kappa shape index (κ2) is 7.16. The van der Waals surface area contributed by atoms with Gasteiger partial charge in [-0.25, -0.2) is 0 Å². The summed E-state index contributed by atoms with van der Waals surface area (Å²) in [4.78, 5) is 0. The number of hydrogen-bond donors (Lipinski definition) is 1. The van der Waals surface area contributed by atoms with Crippen LogP contribution in [0.4, 0.5) is 0 Å². The number of aromatic nitrogens is 2.